The predicted molar refractivity (Wildman–Crippen MR) is 79.6 cm³/mol. The van der Waals surface area contributed by atoms with Crippen molar-refractivity contribution in [2.24, 2.45) is 0 Å². The maximum absolute atomic E-state index is 13.0. The Hall–Kier alpha value is -0.500. The molecule has 0 saturated carbocycles. The lowest BCUT2D eigenvalue weighted by Crippen LogP contribution is -2.37. The van der Waals surface area contributed by atoms with E-state index in [1.807, 2.05) is 0 Å². The highest BCUT2D eigenvalue weighted by molar-refractivity contribution is 9.10. The van der Waals surface area contributed by atoms with Crippen molar-refractivity contribution in [2.75, 3.05) is 26.2 Å². The number of rotatable bonds is 5. The molecule has 1 fully saturated rings. The van der Waals surface area contributed by atoms with Crippen molar-refractivity contribution in [2.45, 2.75) is 24.2 Å². The normalized spacial score (nSPS) is 17.3. The van der Waals surface area contributed by atoms with Crippen molar-refractivity contribution in [3.63, 3.8) is 0 Å². The van der Waals surface area contributed by atoms with Crippen molar-refractivity contribution in [3.05, 3.63) is 28.5 Å². The van der Waals surface area contributed by atoms with Crippen molar-refractivity contribution in [3.8, 4) is 0 Å². The first-order valence-electron chi connectivity index (χ1n) is 6.66. The van der Waals surface area contributed by atoms with Crippen molar-refractivity contribution >= 4 is 26.0 Å². The lowest BCUT2D eigenvalue weighted by atomic mass is 10.1. The van der Waals surface area contributed by atoms with E-state index in [1.165, 1.54) is 25.3 Å². The fraction of sp³-hybridized carbons (Fsp3) is 0.538. The number of nitrogens with one attached hydrogen (secondary N) is 1. The molecule has 7 heteroatoms. The molecule has 1 aliphatic heterocycles. The third-order valence-corrected chi connectivity index (χ3v) is 5.79. The van der Waals surface area contributed by atoms with Crippen LogP contribution in [0.3, 0.4) is 0 Å². The van der Waals surface area contributed by atoms with E-state index in [0.29, 0.717) is 13.1 Å². The van der Waals surface area contributed by atoms with Crippen LogP contribution in [-0.2, 0) is 10.0 Å². The van der Waals surface area contributed by atoms with Gasteiger partial charge in [0.15, 0.2) is 0 Å². The molecule has 2 rings (SSSR count). The van der Waals surface area contributed by atoms with Crippen molar-refractivity contribution in [1.82, 2.24) is 9.62 Å². The van der Waals surface area contributed by atoms with Gasteiger partial charge in [0.1, 0.15) is 5.82 Å². The number of benzene rings is 1. The van der Waals surface area contributed by atoms with Crippen LogP contribution in [0.25, 0.3) is 0 Å². The second kappa shape index (κ2) is 6.98. The summed E-state index contributed by atoms with van der Waals surface area (Å²) in [6, 6.07) is 3.56. The van der Waals surface area contributed by atoms with Gasteiger partial charge in [-0.1, -0.05) is 6.42 Å². The standard InChI is InChI=1S/C13H18BrFN2O2S/c14-12-10-11(15)4-5-13(12)20(18,19)16-6-9-17-7-2-1-3-8-17/h4-5,10,16H,1-3,6-9H2. The third kappa shape index (κ3) is 4.25. The summed E-state index contributed by atoms with van der Waals surface area (Å²) in [5, 5.41) is 0. The molecule has 0 bridgehead atoms. The zero-order valence-corrected chi connectivity index (χ0v) is 13.5. The summed E-state index contributed by atoms with van der Waals surface area (Å²) in [4.78, 5) is 2.32. The molecule has 1 aromatic carbocycles. The highest BCUT2D eigenvalue weighted by Gasteiger charge is 2.18. The van der Waals surface area contributed by atoms with Crippen LogP contribution >= 0.6 is 15.9 Å². The summed E-state index contributed by atoms with van der Waals surface area (Å²) in [7, 11) is -3.60. The average molecular weight is 365 g/mol. The number of likely N-dealkylation sites (tertiary alicyclic amines) is 1. The van der Waals surface area contributed by atoms with E-state index < -0.39 is 15.8 Å². The molecule has 1 aliphatic rings. The number of piperidine rings is 1. The molecule has 0 aromatic heterocycles. The molecule has 0 radical (unpaired) electrons. The fourth-order valence-corrected chi connectivity index (χ4v) is 4.36. The second-order valence-corrected chi connectivity index (χ2v) is 7.46. The minimum atomic E-state index is -3.60. The van der Waals surface area contributed by atoms with E-state index in [-0.39, 0.29) is 9.37 Å². The minimum Gasteiger partial charge on any atom is -0.302 e. The van der Waals surface area contributed by atoms with Crippen LogP contribution < -0.4 is 4.72 Å². The first-order chi connectivity index (χ1) is 9.49. The van der Waals surface area contributed by atoms with Crippen LogP contribution in [-0.4, -0.2) is 39.5 Å². The molecule has 112 valence electrons. The Balaban J connectivity index is 1.93. The number of hydrogen-bond donors (Lipinski definition) is 1. The summed E-state index contributed by atoms with van der Waals surface area (Å²) in [6.07, 6.45) is 3.61. The van der Waals surface area contributed by atoms with Gasteiger partial charge in [0.2, 0.25) is 10.0 Å². The number of halogens is 2. The summed E-state index contributed by atoms with van der Waals surface area (Å²) in [6.45, 7) is 3.13. The van der Waals surface area contributed by atoms with Gasteiger partial charge in [-0.25, -0.2) is 17.5 Å². The van der Waals surface area contributed by atoms with Gasteiger partial charge in [-0.3, -0.25) is 0 Å². The van der Waals surface area contributed by atoms with Crippen LogP contribution in [0, 0.1) is 5.82 Å². The molecular weight excluding hydrogens is 347 g/mol. The quantitative estimate of drug-likeness (QED) is 0.872. The monoisotopic (exact) mass is 364 g/mol. The summed E-state index contributed by atoms with van der Waals surface area (Å²) >= 11 is 3.08. The number of hydrogen-bond acceptors (Lipinski definition) is 3. The maximum Gasteiger partial charge on any atom is 0.241 e. The van der Waals surface area contributed by atoms with Gasteiger partial charge in [-0.15, -0.1) is 0 Å². The zero-order chi connectivity index (χ0) is 14.6. The fourth-order valence-electron chi connectivity index (χ4n) is 2.29. The van der Waals surface area contributed by atoms with E-state index in [4.69, 9.17) is 0 Å². The van der Waals surface area contributed by atoms with Crippen LogP contribution in [0.4, 0.5) is 4.39 Å². The van der Waals surface area contributed by atoms with E-state index in [9.17, 15) is 12.8 Å². The molecule has 0 unspecified atom stereocenters. The van der Waals surface area contributed by atoms with Crippen molar-refractivity contribution in [1.29, 1.82) is 0 Å². The lowest BCUT2D eigenvalue weighted by Gasteiger charge is -2.26. The Morgan fingerprint density at radius 1 is 1.25 bits per heavy atom. The highest BCUT2D eigenvalue weighted by Crippen LogP contribution is 2.22. The molecule has 0 aliphatic carbocycles. The molecule has 4 nitrogen and oxygen atoms in total. The first kappa shape index (κ1) is 15.9. The first-order valence-corrected chi connectivity index (χ1v) is 8.94. The smallest absolute Gasteiger partial charge is 0.241 e. The largest absolute Gasteiger partial charge is 0.302 e. The topological polar surface area (TPSA) is 49.4 Å². The van der Waals surface area contributed by atoms with Gasteiger partial charge in [0, 0.05) is 17.6 Å². The summed E-state index contributed by atoms with van der Waals surface area (Å²) in [5.41, 5.74) is 0. The van der Waals surface area contributed by atoms with Crippen molar-refractivity contribution < 1.29 is 12.8 Å². The van der Waals surface area contributed by atoms with Crippen LogP contribution in [0.1, 0.15) is 19.3 Å². The average Bonchev–Trinajstić information content (AvgIpc) is 2.39. The summed E-state index contributed by atoms with van der Waals surface area (Å²) < 4.78 is 40.0. The molecule has 1 saturated heterocycles. The van der Waals surface area contributed by atoms with Gasteiger partial charge >= 0.3 is 0 Å². The van der Waals surface area contributed by atoms with Gasteiger partial charge in [0.25, 0.3) is 0 Å². The van der Waals surface area contributed by atoms with Gasteiger partial charge in [-0.05, 0) is 60.1 Å². The lowest BCUT2D eigenvalue weighted by molar-refractivity contribution is 0.233. The minimum absolute atomic E-state index is 0.0672. The predicted octanol–water partition coefficient (Wildman–Crippen LogP) is 2.35. The SMILES string of the molecule is O=S(=O)(NCCN1CCCCC1)c1ccc(F)cc1Br. The maximum atomic E-state index is 13.0. The van der Waals surface area contributed by atoms with Gasteiger partial charge in [0.05, 0.1) is 4.90 Å². The third-order valence-electron chi connectivity index (χ3n) is 3.35. The molecular formula is C13H18BrFN2O2S. The molecule has 20 heavy (non-hydrogen) atoms. The zero-order valence-electron chi connectivity index (χ0n) is 11.1. The molecule has 0 atom stereocenters. The van der Waals surface area contributed by atoms with E-state index in [1.54, 1.807) is 0 Å². The van der Waals surface area contributed by atoms with Gasteiger partial charge < -0.3 is 4.90 Å². The number of nitrogens with zero attached hydrogens (tertiary/aromatic N) is 1. The molecule has 1 heterocycles. The highest BCUT2D eigenvalue weighted by atomic mass is 79.9. The number of sulfonamides is 1. The van der Waals surface area contributed by atoms with Crippen LogP contribution in [0.2, 0.25) is 0 Å². The van der Waals surface area contributed by atoms with E-state index in [2.05, 4.69) is 25.6 Å². The Labute approximate surface area is 127 Å². The Morgan fingerprint density at radius 2 is 1.95 bits per heavy atom. The molecule has 1 N–H and O–H groups in total. The van der Waals surface area contributed by atoms with E-state index in [0.717, 1.165) is 25.2 Å². The van der Waals surface area contributed by atoms with E-state index >= 15 is 0 Å². The van der Waals surface area contributed by atoms with Crippen LogP contribution in [0.15, 0.2) is 27.6 Å². The molecule has 0 spiro atoms. The Morgan fingerprint density at radius 3 is 2.60 bits per heavy atom. The van der Waals surface area contributed by atoms with Crippen LogP contribution in [0.5, 0.6) is 0 Å². The molecule has 0 amide bonds. The van der Waals surface area contributed by atoms with Gasteiger partial charge in [-0.2, -0.15) is 0 Å². The molecule has 1 aromatic rings. The summed E-state index contributed by atoms with van der Waals surface area (Å²) in [5.74, 6) is -0.468. The Bertz CT molecular complexity index is 559. The Kier molecular flexibility index (Phi) is 5.54. The second-order valence-electron chi connectivity index (χ2n) is 4.87.